The van der Waals surface area contributed by atoms with Crippen molar-refractivity contribution in [1.82, 2.24) is 4.98 Å². The molecule has 5 heteroatoms. The Morgan fingerprint density at radius 2 is 2.18 bits per heavy atom. The monoisotopic (exact) mass is 377 g/mol. The molecule has 1 N–H and O–H groups in total. The summed E-state index contributed by atoms with van der Waals surface area (Å²) in [6.45, 7) is 2.29. The van der Waals surface area contributed by atoms with Crippen LogP contribution < -0.4 is 0 Å². The van der Waals surface area contributed by atoms with Crippen LogP contribution in [0.4, 0.5) is 0 Å². The van der Waals surface area contributed by atoms with Crippen molar-refractivity contribution in [2.45, 2.75) is 44.6 Å². The summed E-state index contributed by atoms with van der Waals surface area (Å²) in [5.41, 5.74) is 2.81. The number of aromatic nitrogens is 1. The number of hydrogen-bond donors (Lipinski definition) is 1. The van der Waals surface area contributed by atoms with E-state index in [1.54, 1.807) is 6.20 Å². The molecular formula is C23H23NO4. The molecule has 1 fully saturated rings. The SMILES string of the molecule is C[C@]12C=CC3=CC4=C(CC(C(=O)O)CC4=O)O[C@H]3[C@@H]1CC[C@@H]2c1cccnc1. The van der Waals surface area contributed by atoms with Crippen LogP contribution in [-0.4, -0.2) is 27.9 Å². The predicted octanol–water partition coefficient (Wildman–Crippen LogP) is 3.79. The highest BCUT2D eigenvalue weighted by Crippen LogP contribution is 2.59. The van der Waals surface area contributed by atoms with Gasteiger partial charge in [-0.3, -0.25) is 14.6 Å². The number of Topliss-reactive ketones (excluding diaryl/α,β-unsaturated/α-hetero) is 1. The van der Waals surface area contributed by atoms with Crippen molar-refractivity contribution in [2.75, 3.05) is 0 Å². The molecule has 1 aromatic rings. The molecule has 2 heterocycles. The van der Waals surface area contributed by atoms with Crippen LogP contribution in [0.5, 0.6) is 0 Å². The van der Waals surface area contributed by atoms with E-state index < -0.39 is 11.9 Å². The van der Waals surface area contributed by atoms with Crippen LogP contribution in [0.2, 0.25) is 0 Å². The molecule has 1 aromatic heterocycles. The van der Waals surface area contributed by atoms with Gasteiger partial charge in [0.2, 0.25) is 0 Å². The molecule has 144 valence electrons. The van der Waals surface area contributed by atoms with Gasteiger partial charge in [-0.25, -0.2) is 0 Å². The van der Waals surface area contributed by atoms with Crippen LogP contribution in [0.3, 0.4) is 0 Å². The smallest absolute Gasteiger partial charge is 0.307 e. The maximum Gasteiger partial charge on any atom is 0.307 e. The minimum absolute atomic E-state index is 0.0476. The number of carboxylic acid groups (broad SMARTS) is 1. The number of carbonyl (C=O) groups is 2. The van der Waals surface area contributed by atoms with Crippen molar-refractivity contribution < 1.29 is 19.4 Å². The third-order valence-corrected chi connectivity index (χ3v) is 7.13. The average Bonchev–Trinajstić information content (AvgIpc) is 3.05. The Morgan fingerprint density at radius 3 is 2.93 bits per heavy atom. The Kier molecular flexibility index (Phi) is 3.83. The highest BCUT2D eigenvalue weighted by molar-refractivity contribution is 6.02. The molecule has 0 saturated heterocycles. The fourth-order valence-electron chi connectivity index (χ4n) is 5.60. The summed E-state index contributed by atoms with van der Waals surface area (Å²) >= 11 is 0. The largest absolute Gasteiger partial charge is 0.489 e. The maximum absolute atomic E-state index is 12.5. The van der Waals surface area contributed by atoms with E-state index in [9.17, 15) is 14.7 Å². The third-order valence-electron chi connectivity index (χ3n) is 7.13. The van der Waals surface area contributed by atoms with E-state index in [0.29, 0.717) is 29.6 Å². The summed E-state index contributed by atoms with van der Waals surface area (Å²) in [6.07, 6.45) is 12.4. The lowest BCUT2D eigenvalue weighted by molar-refractivity contribution is -0.144. The summed E-state index contributed by atoms with van der Waals surface area (Å²) in [5, 5.41) is 9.37. The van der Waals surface area contributed by atoms with Gasteiger partial charge >= 0.3 is 5.97 Å². The number of nitrogens with zero attached hydrogens (tertiary/aromatic N) is 1. The summed E-state index contributed by atoms with van der Waals surface area (Å²) < 4.78 is 6.37. The summed E-state index contributed by atoms with van der Waals surface area (Å²) in [5.74, 6) is -0.491. The first-order valence-corrected chi connectivity index (χ1v) is 9.94. The molecule has 0 aromatic carbocycles. The first-order chi connectivity index (χ1) is 13.5. The van der Waals surface area contributed by atoms with Crippen molar-refractivity contribution in [3.63, 3.8) is 0 Å². The molecule has 0 amide bonds. The maximum atomic E-state index is 12.5. The quantitative estimate of drug-likeness (QED) is 0.848. The molecular weight excluding hydrogens is 354 g/mol. The van der Waals surface area contributed by atoms with E-state index in [1.807, 2.05) is 18.3 Å². The zero-order chi connectivity index (χ0) is 19.5. The number of hydrogen-bond acceptors (Lipinski definition) is 4. The van der Waals surface area contributed by atoms with Crippen LogP contribution in [0.25, 0.3) is 0 Å². The van der Waals surface area contributed by atoms with Gasteiger partial charge in [-0.2, -0.15) is 0 Å². The average molecular weight is 377 g/mol. The first kappa shape index (κ1) is 17.4. The molecule has 5 rings (SSSR count). The topological polar surface area (TPSA) is 76.5 Å². The third kappa shape index (κ3) is 2.49. The molecule has 1 aliphatic heterocycles. The van der Waals surface area contributed by atoms with Crippen molar-refractivity contribution in [3.05, 3.63) is 65.2 Å². The second kappa shape index (κ2) is 6.16. The van der Waals surface area contributed by atoms with E-state index in [4.69, 9.17) is 4.74 Å². The van der Waals surface area contributed by atoms with Gasteiger partial charge in [-0.05, 0) is 47.5 Å². The Bertz CT molecular complexity index is 945. The Labute approximate surface area is 163 Å². The number of ketones is 1. The van der Waals surface area contributed by atoms with Crippen molar-refractivity contribution >= 4 is 11.8 Å². The van der Waals surface area contributed by atoms with Crippen molar-refractivity contribution in [3.8, 4) is 0 Å². The lowest BCUT2D eigenvalue weighted by Gasteiger charge is -2.44. The summed E-state index contributed by atoms with van der Waals surface area (Å²) in [7, 11) is 0. The van der Waals surface area contributed by atoms with Crippen LogP contribution >= 0.6 is 0 Å². The number of rotatable bonds is 2. The van der Waals surface area contributed by atoms with Gasteiger partial charge < -0.3 is 9.84 Å². The molecule has 5 nitrogen and oxygen atoms in total. The summed E-state index contributed by atoms with van der Waals surface area (Å²) in [4.78, 5) is 28.2. The first-order valence-electron chi connectivity index (χ1n) is 9.94. The zero-order valence-electron chi connectivity index (χ0n) is 15.8. The minimum atomic E-state index is -0.927. The van der Waals surface area contributed by atoms with Gasteiger partial charge in [0.15, 0.2) is 5.78 Å². The van der Waals surface area contributed by atoms with E-state index in [2.05, 4.69) is 30.1 Å². The van der Waals surface area contributed by atoms with Gasteiger partial charge in [-0.1, -0.05) is 25.1 Å². The molecule has 28 heavy (non-hydrogen) atoms. The Hall–Kier alpha value is -2.69. The van der Waals surface area contributed by atoms with E-state index in [0.717, 1.165) is 18.4 Å². The number of ether oxygens (including phenoxy) is 1. The molecule has 5 atom stereocenters. The molecule has 0 spiro atoms. The highest BCUT2D eigenvalue weighted by atomic mass is 16.5. The minimum Gasteiger partial charge on any atom is -0.489 e. The number of allylic oxidation sites excluding steroid dienone is 4. The van der Waals surface area contributed by atoms with E-state index in [-0.39, 0.29) is 23.7 Å². The molecule has 1 unspecified atom stereocenters. The van der Waals surface area contributed by atoms with E-state index >= 15 is 0 Å². The number of pyridine rings is 1. The predicted molar refractivity (Wildman–Crippen MR) is 102 cm³/mol. The van der Waals surface area contributed by atoms with Crippen LogP contribution in [0.1, 0.15) is 44.1 Å². The van der Waals surface area contributed by atoms with Gasteiger partial charge in [0, 0.05) is 31.2 Å². The van der Waals surface area contributed by atoms with Gasteiger partial charge in [0.25, 0.3) is 0 Å². The van der Waals surface area contributed by atoms with Crippen LogP contribution in [0.15, 0.2) is 59.7 Å². The Balaban J connectivity index is 1.49. The van der Waals surface area contributed by atoms with Gasteiger partial charge in [-0.15, -0.1) is 0 Å². The number of carbonyl (C=O) groups excluding carboxylic acids is 1. The molecule has 0 bridgehead atoms. The normalized spacial score (nSPS) is 36.2. The number of carboxylic acids is 1. The number of fused-ring (bicyclic) bond motifs is 3. The van der Waals surface area contributed by atoms with Crippen molar-refractivity contribution in [1.29, 1.82) is 0 Å². The molecule has 3 aliphatic carbocycles. The van der Waals surface area contributed by atoms with Gasteiger partial charge in [0.05, 0.1) is 11.5 Å². The standard InChI is InChI=1S/C23H23NO4/c1-23-7-6-13-9-16-19(25)10-15(22(26)27)11-20(16)28-21(13)18(23)5-4-17(23)14-3-2-8-24-12-14/h2-3,6-9,12,15,17-18,21H,4-5,10-11H2,1H3,(H,26,27)/t15?,17-,18+,21-,23-/m1/s1. The van der Waals surface area contributed by atoms with E-state index in [1.165, 1.54) is 5.56 Å². The number of aliphatic carboxylic acids is 1. The second-order valence-electron chi connectivity index (χ2n) is 8.61. The summed E-state index contributed by atoms with van der Waals surface area (Å²) in [6, 6.07) is 4.13. The fourth-order valence-corrected chi connectivity index (χ4v) is 5.60. The highest BCUT2D eigenvalue weighted by Gasteiger charge is 2.53. The van der Waals surface area contributed by atoms with Crippen LogP contribution in [-0.2, 0) is 14.3 Å². The van der Waals surface area contributed by atoms with Crippen LogP contribution in [0, 0.1) is 17.3 Å². The Morgan fingerprint density at radius 1 is 1.32 bits per heavy atom. The second-order valence-corrected chi connectivity index (χ2v) is 8.61. The van der Waals surface area contributed by atoms with Gasteiger partial charge in [0.1, 0.15) is 11.9 Å². The lowest BCUT2D eigenvalue weighted by atomic mass is 9.65. The van der Waals surface area contributed by atoms with Crippen molar-refractivity contribution in [2.24, 2.45) is 17.3 Å². The molecule has 4 aliphatic rings. The molecule has 1 saturated carbocycles. The zero-order valence-corrected chi connectivity index (χ0v) is 15.8. The lowest BCUT2D eigenvalue weighted by Crippen LogP contribution is -2.41. The molecule has 0 radical (unpaired) electrons. The fraction of sp³-hybridized carbons (Fsp3) is 0.435.